The first-order valence-electron chi connectivity index (χ1n) is 6.37. The average Bonchev–Trinajstić information content (AvgIpc) is 2.37. The highest BCUT2D eigenvalue weighted by Gasteiger charge is 2.28. The molecule has 22 heavy (non-hydrogen) atoms. The van der Waals surface area contributed by atoms with Gasteiger partial charge >= 0.3 is 5.97 Å². The van der Waals surface area contributed by atoms with E-state index >= 15 is 0 Å². The molecule has 0 unspecified atom stereocenters. The lowest BCUT2D eigenvalue weighted by molar-refractivity contribution is -0.140. The fourth-order valence-electron chi connectivity index (χ4n) is 1.66. The highest BCUT2D eigenvalue weighted by molar-refractivity contribution is 9.10. The van der Waals surface area contributed by atoms with E-state index in [0.29, 0.717) is 10.2 Å². The van der Waals surface area contributed by atoms with Crippen molar-refractivity contribution in [1.82, 2.24) is 4.72 Å². The molecule has 9 heteroatoms. The van der Waals surface area contributed by atoms with E-state index in [4.69, 9.17) is 5.11 Å². The van der Waals surface area contributed by atoms with Gasteiger partial charge in [0.1, 0.15) is 6.04 Å². The first kappa shape index (κ1) is 18.6. The van der Waals surface area contributed by atoms with Crippen molar-refractivity contribution in [2.75, 3.05) is 5.32 Å². The average molecular weight is 393 g/mol. The fourth-order valence-corrected chi connectivity index (χ4v) is 3.65. The van der Waals surface area contributed by atoms with Gasteiger partial charge in [-0.05, 0) is 40.0 Å². The predicted molar refractivity (Wildman–Crippen MR) is 85.0 cm³/mol. The van der Waals surface area contributed by atoms with Crippen LogP contribution in [0.2, 0.25) is 0 Å². The number of sulfonamides is 1. The molecule has 1 rings (SSSR count). The molecule has 0 radical (unpaired) electrons. The summed E-state index contributed by atoms with van der Waals surface area (Å²) in [7, 11) is -3.99. The Morgan fingerprint density at radius 2 is 1.86 bits per heavy atom. The number of carbonyl (C=O) groups excluding carboxylic acids is 1. The van der Waals surface area contributed by atoms with E-state index in [1.54, 1.807) is 13.8 Å². The molecule has 0 bridgehead atoms. The van der Waals surface area contributed by atoms with Gasteiger partial charge in [0.2, 0.25) is 15.9 Å². The number of carboxylic acid groups (broad SMARTS) is 1. The quantitative estimate of drug-likeness (QED) is 0.682. The second-order valence-electron chi connectivity index (χ2n) is 5.00. The standard InChI is InChI=1S/C13H17BrN2O5S/c1-7(2)12(13(18)19)16-22(20,21)9-4-5-11(10(14)6-9)15-8(3)17/h4-7,12,16H,1-3H3,(H,15,17)(H,18,19)/t12-/m1/s1. The predicted octanol–water partition coefficient (Wildman–Crippen LogP) is 1.79. The van der Waals surface area contributed by atoms with Gasteiger partial charge in [-0.3, -0.25) is 9.59 Å². The van der Waals surface area contributed by atoms with E-state index in [-0.39, 0.29) is 10.8 Å². The fraction of sp³-hybridized carbons (Fsp3) is 0.385. The van der Waals surface area contributed by atoms with Crippen LogP contribution in [0.1, 0.15) is 20.8 Å². The lowest BCUT2D eigenvalue weighted by atomic mass is 10.1. The number of anilines is 1. The largest absolute Gasteiger partial charge is 0.480 e. The summed E-state index contributed by atoms with van der Waals surface area (Å²) < 4.78 is 27.0. The van der Waals surface area contributed by atoms with E-state index in [0.717, 1.165) is 0 Å². The molecule has 1 aromatic carbocycles. The van der Waals surface area contributed by atoms with Crippen molar-refractivity contribution in [2.24, 2.45) is 5.92 Å². The molecule has 0 aromatic heterocycles. The van der Waals surface area contributed by atoms with Crippen LogP contribution in [0.5, 0.6) is 0 Å². The molecule has 0 aliphatic heterocycles. The number of hydrogen-bond donors (Lipinski definition) is 3. The molecule has 0 saturated heterocycles. The van der Waals surface area contributed by atoms with Crippen molar-refractivity contribution in [2.45, 2.75) is 31.7 Å². The maximum atomic E-state index is 12.3. The second-order valence-corrected chi connectivity index (χ2v) is 7.57. The SMILES string of the molecule is CC(=O)Nc1ccc(S(=O)(=O)N[C@@H](C(=O)O)C(C)C)cc1Br. The number of halogens is 1. The van der Waals surface area contributed by atoms with Crippen LogP contribution in [0.3, 0.4) is 0 Å². The number of hydrogen-bond acceptors (Lipinski definition) is 4. The van der Waals surface area contributed by atoms with Gasteiger partial charge in [0.15, 0.2) is 0 Å². The topological polar surface area (TPSA) is 113 Å². The minimum atomic E-state index is -3.99. The van der Waals surface area contributed by atoms with Crippen molar-refractivity contribution in [1.29, 1.82) is 0 Å². The Kier molecular flexibility index (Phi) is 6.09. The summed E-state index contributed by atoms with van der Waals surface area (Å²) in [6, 6.07) is 2.79. The van der Waals surface area contributed by atoms with Crippen LogP contribution in [-0.2, 0) is 19.6 Å². The van der Waals surface area contributed by atoms with Crippen molar-refractivity contribution in [3.63, 3.8) is 0 Å². The number of rotatable bonds is 6. The lowest BCUT2D eigenvalue weighted by Gasteiger charge is -2.18. The maximum absolute atomic E-state index is 12.3. The second kappa shape index (κ2) is 7.21. The first-order chi connectivity index (χ1) is 10.0. The molecule has 0 fully saturated rings. The number of amides is 1. The Labute approximate surface area is 137 Å². The van der Waals surface area contributed by atoms with Crippen LogP contribution in [0.4, 0.5) is 5.69 Å². The van der Waals surface area contributed by atoms with Gasteiger partial charge in [0.05, 0.1) is 10.6 Å². The highest BCUT2D eigenvalue weighted by Crippen LogP contribution is 2.26. The first-order valence-corrected chi connectivity index (χ1v) is 8.64. The lowest BCUT2D eigenvalue weighted by Crippen LogP contribution is -2.44. The minimum Gasteiger partial charge on any atom is -0.480 e. The molecule has 1 amide bonds. The van der Waals surface area contributed by atoms with Crippen molar-refractivity contribution in [3.05, 3.63) is 22.7 Å². The van der Waals surface area contributed by atoms with Gasteiger partial charge in [0, 0.05) is 11.4 Å². The molecule has 0 aliphatic carbocycles. The van der Waals surface area contributed by atoms with Gasteiger partial charge in [-0.15, -0.1) is 0 Å². The number of nitrogens with one attached hydrogen (secondary N) is 2. The number of aliphatic carboxylic acids is 1. The summed E-state index contributed by atoms with van der Waals surface area (Å²) >= 11 is 3.17. The summed E-state index contributed by atoms with van der Waals surface area (Å²) in [5.41, 5.74) is 0.421. The zero-order valence-electron chi connectivity index (χ0n) is 12.3. The van der Waals surface area contributed by atoms with E-state index in [1.165, 1.54) is 25.1 Å². The summed E-state index contributed by atoms with van der Waals surface area (Å²) in [6.07, 6.45) is 0. The molecular weight excluding hydrogens is 376 g/mol. The van der Waals surface area contributed by atoms with Crippen molar-refractivity contribution >= 4 is 43.5 Å². The van der Waals surface area contributed by atoms with Gasteiger partial charge in [-0.1, -0.05) is 13.8 Å². The number of carbonyl (C=O) groups is 2. The number of carboxylic acids is 1. The Bertz CT molecular complexity index is 688. The molecule has 1 atom stereocenters. The van der Waals surface area contributed by atoms with Crippen LogP contribution in [-0.4, -0.2) is 31.4 Å². The molecule has 0 heterocycles. The highest BCUT2D eigenvalue weighted by atomic mass is 79.9. The van der Waals surface area contributed by atoms with Crippen LogP contribution in [0.25, 0.3) is 0 Å². The Morgan fingerprint density at radius 1 is 1.27 bits per heavy atom. The van der Waals surface area contributed by atoms with E-state index in [2.05, 4.69) is 26.0 Å². The molecule has 1 aromatic rings. The van der Waals surface area contributed by atoms with Gasteiger partial charge in [0.25, 0.3) is 0 Å². The van der Waals surface area contributed by atoms with E-state index in [9.17, 15) is 18.0 Å². The molecule has 0 aliphatic rings. The maximum Gasteiger partial charge on any atom is 0.322 e. The third-order valence-corrected chi connectivity index (χ3v) is 4.87. The molecule has 122 valence electrons. The molecular formula is C13H17BrN2O5S. The zero-order valence-corrected chi connectivity index (χ0v) is 14.7. The van der Waals surface area contributed by atoms with Crippen molar-refractivity contribution in [3.8, 4) is 0 Å². The monoisotopic (exact) mass is 392 g/mol. The minimum absolute atomic E-state index is 0.0969. The summed E-state index contributed by atoms with van der Waals surface area (Å²) in [6.45, 7) is 4.55. The third kappa shape index (κ3) is 4.79. The Balaban J connectivity index is 3.10. The van der Waals surface area contributed by atoms with E-state index in [1.807, 2.05) is 0 Å². The van der Waals surface area contributed by atoms with Crippen molar-refractivity contribution < 1.29 is 23.1 Å². The normalized spacial score (nSPS) is 13.0. The molecule has 3 N–H and O–H groups in total. The molecule has 0 spiro atoms. The Hall–Kier alpha value is -1.45. The van der Waals surface area contributed by atoms with Crippen LogP contribution < -0.4 is 10.0 Å². The summed E-state index contributed by atoms with van der Waals surface area (Å²) in [5, 5.41) is 11.6. The van der Waals surface area contributed by atoms with Gasteiger partial charge < -0.3 is 10.4 Å². The summed E-state index contributed by atoms with van der Waals surface area (Å²) in [5.74, 6) is -1.94. The van der Waals surface area contributed by atoms with Gasteiger partial charge in [-0.25, -0.2) is 8.42 Å². The molecule has 0 saturated carbocycles. The summed E-state index contributed by atoms with van der Waals surface area (Å²) in [4.78, 5) is 22.0. The van der Waals surface area contributed by atoms with Crippen LogP contribution in [0, 0.1) is 5.92 Å². The Morgan fingerprint density at radius 3 is 2.27 bits per heavy atom. The van der Waals surface area contributed by atoms with Gasteiger partial charge in [-0.2, -0.15) is 4.72 Å². The third-order valence-electron chi connectivity index (χ3n) is 2.78. The smallest absolute Gasteiger partial charge is 0.322 e. The van der Waals surface area contributed by atoms with E-state index < -0.39 is 28.0 Å². The molecule has 7 nitrogen and oxygen atoms in total. The van der Waals surface area contributed by atoms with Crippen LogP contribution >= 0.6 is 15.9 Å². The number of benzene rings is 1. The zero-order chi connectivity index (χ0) is 17.1. The van der Waals surface area contributed by atoms with Crippen LogP contribution in [0.15, 0.2) is 27.6 Å².